The van der Waals surface area contributed by atoms with Gasteiger partial charge in [-0.2, -0.15) is 0 Å². The van der Waals surface area contributed by atoms with Crippen LogP contribution in [0.5, 0.6) is 0 Å². The molecule has 2 aliphatic carbocycles. The molecule has 2 fully saturated rings. The number of nitrogens with zero attached hydrogens (tertiary/aromatic N) is 2. The summed E-state index contributed by atoms with van der Waals surface area (Å²) in [5.41, 5.74) is 1.00. The summed E-state index contributed by atoms with van der Waals surface area (Å²) in [5.74, 6) is 0.784. The Labute approximate surface area is 143 Å². The topological polar surface area (TPSA) is 53.8 Å². The van der Waals surface area contributed by atoms with Crippen molar-refractivity contribution in [2.75, 3.05) is 26.7 Å². The first-order chi connectivity index (χ1) is 11.6. The Hall–Kier alpha value is -1.62. The van der Waals surface area contributed by atoms with Gasteiger partial charge in [-0.3, -0.25) is 9.59 Å². The molecule has 24 heavy (non-hydrogen) atoms. The number of likely N-dealkylation sites (N-methyl/N-ethyl adjacent to an activating group) is 1. The molecule has 1 aliphatic heterocycles. The smallest absolute Gasteiger partial charge is 0.258 e. The third-order valence-electron chi connectivity index (χ3n) is 6.06. The first-order valence-corrected chi connectivity index (χ1v) is 9.25. The predicted octanol–water partition coefficient (Wildman–Crippen LogP) is 2.89. The number of hydrogen-bond donors (Lipinski definition) is 0. The van der Waals surface area contributed by atoms with Crippen LogP contribution < -0.4 is 0 Å². The zero-order valence-electron chi connectivity index (χ0n) is 14.5. The molecule has 1 saturated heterocycles. The van der Waals surface area contributed by atoms with Crippen LogP contribution in [0.1, 0.15) is 71.4 Å². The summed E-state index contributed by atoms with van der Waals surface area (Å²) in [7, 11) is 2.14. The summed E-state index contributed by atoms with van der Waals surface area (Å²) >= 11 is 0. The average Bonchev–Trinajstić information content (AvgIpc) is 3.00. The fraction of sp³-hybridized carbons (Fsp3) is 0.684. The van der Waals surface area contributed by atoms with E-state index in [2.05, 4.69) is 16.8 Å². The van der Waals surface area contributed by atoms with Gasteiger partial charge in [-0.15, -0.1) is 0 Å². The van der Waals surface area contributed by atoms with Crippen molar-refractivity contribution < 1.29 is 14.0 Å². The van der Waals surface area contributed by atoms with E-state index in [4.69, 9.17) is 4.42 Å². The largest absolute Gasteiger partial charge is 0.468 e. The fourth-order valence-corrected chi connectivity index (χ4v) is 4.85. The molecule has 5 nitrogen and oxygen atoms in total. The van der Waals surface area contributed by atoms with Crippen molar-refractivity contribution in [2.45, 2.75) is 56.9 Å². The van der Waals surface area contributed by atoms with E-state index in [-0.39, 0.29) is 17.2 Å². The molecule has 0 bridgehead atoms. The van der Waals surface area contributed by atoms with Crippen LogP contribution in [0.15, 0.2) is 10.7 Å². The number of carbonyl (C=O) groups is 2. The van der Waals surface area contributed by atoms with Gasteiger partial charge in [-0.05, 0) is 26.3 Å². The predicted molar refractivity (Wildman–Crippen MR) is 90.3 cm³/mol. The monoisotopic (exact) mass is 330 g/mol. The van der Waals surface area contributed by atoms with Gasteiger partial charge >= 0.3 is 0 Å². The fourth-order valence-electron chi connectivity index (χ4n) is 4.85. The molecule has 130 valence electrons. The van der Waals surface area contributed by atoms with Crippen molar-refractivity contribution in [1.29, 1.82) is 0 Å². The van der Waals surface area contributed by atoms with Crippen molar-refractivity contribution in [3.8, 4) is 0 Å². The number of ketones is 1. The van der Waals surface area contributed by atoms with Crippen molar-refractivity contribution >= 4 is 11.7 Å². The Morgan fingerprint density at radius 1 is 1.12 bits per heavy atom. The SMILES string of the molecule is CN1CCN(C(=O)c2coc3c2C(=O)CCC3)C2(CCCCC2)C1. The number of piperazine rings is 1. The van der Waals surface area contributed by atoms with E-state index >= 15 is 0 Å². The molecule has 1 saturated carbocycles. The molecule has 1 aromatic heterocycles. The van der Waals surface area contributed by atoms with Gasteiger partial charge in [0.2, 0.25) is 0 Å². The zero-order valence-corrected chi connectivity index (χ0v) is 14.5. The number of rotatable bonds is 1. The Kier molecular flexibility index (Phi) is 3.99. The highest BCUT2D eigenvalue weighted by Crippen LogP contribution is 2.38. The van der Waals surface area contributed by atoms with Crippen molar-refractivity contribution in [2.24, 2.45) is 0 Å². The summed E-state index contributed by atoms with van der Waals surface area (Å²) in [6, 6.07) is 0. The minimum Gasteiger partial charge on any atom is -0.468 e. The number of amides is 1. The van der Waals surface area contributed by atoms with Crippen LogP contribution in [0.25, 0.3) is 0 Å². The number of carbonyl (C=O) groups excluding carboxylic acids is 2. The summed E-state index contributed by atoms with van der Waals surface area (Å²) < 4.78 is 5.59. The standard InChI is InChI=1S/C19H26N2O3/c1-20-10-11-21(19(13-20)8-3-2-4-9-19)18(23)14-12-24-16-7-5-6-15(22)17(14)16/h12H,2-11,13H2,1H3. The van der Waals surface area contributed by atoms with Crippen LogP contribution in [0, 0.1) is 0 Å². The van der Waals surface area contributed by atoms with Gasteiger partial charge < -0.3 is 14.2 Å². The van der Waals surface area contributed by atoms with E-state index in [1.54, 1.807) is 0 Å². The van der Waals surface area contributed by atoms with E-state index in [9.17, 15) is 9.59 Å². The Balaban J connectivity index is 1.68. The number of fused-ring (bicyclic) bond motifs is 1. The van der Waals surface area contributed by atoms with Crippen LogP contribution in [0.3, 0.4) is 0 Å². The molecule has 1 aromatic rings. The lowest BCUT2D eigenvalue weighted by atomic mass is 9.78. The van der Waals surface area contributed by atoms with E-state index < -0.39 is 0 Å². The highest BCUT2D eigenvalue weighted by molar-refractivity contribution is 6.09. The van der Waals surface area contributed by atoms with Crippen LogP contribution in [0.2, 0.25) is 0 Å². The molecule has 4 rings (SSSR count). The van der Waals surface area contributed by atoms with E-state index in [0.29, 0.717) is 23.3 Å². The molecule has 2 heterocycles. The highest BCUT2D eigenvalue weighted by atomic mass is 16.3. The first kappa shape index (κ1) is 15.9. The third-order valence-corrected chi connectivity index (χ3v) is 6.06. The van der Waals surface area contributed by atoms with Gasteiger partial charge in [0.15, 0.2) is 5.78 Å². The second-order valence-corrected chi connectivity index (χ2v) is 7.70. The molecule has 0 unspecified atom stereocenters. The molecule has 0 radical (unpaired) electrons. The van der Waals surface area contributed by atoms with Gasteiger partial charge in [-0.25, -0.2) is 0 Å². The third kappa shape index (κ3) is 2.50. The van der Waals surface area contributed by atoms with Crippen LogP contribution in [-0.2, 0) is 6.42 Å². The summed E-state index contributed by atoms with van der Waals surface area (Å²) in [6.45, 7) is 2.57. The molecule has 1 amide bonds. The number of Topliss-reactive ketones (excluding diaryl/α,β-unsaturated/α-hetero) is 1. The van der Waals surface area contributed by atoms with Gasteiger partial charge in [0.25, 0.3) is 5.91 Å². The average molecular weight is 330 g/mol. The quantitative estimate of drug-likeness (QED) is 0.794. The minimum atomic E-state index is -0.0653. The van der Waals surface area contributed by atoms with Gasteiger partial charge in [-0.1, -0.05) is 19.3 Å². The Morgan fingerprint density at radius 3 is 2.71 bits per heavy atom. The van der Waals surface area contributed by atoms with Crippen molar-refractivity contribution in [3.05, 3.63) is 23.2 Å². The second-order valence-electron chi connectivity index (χ2n) is 7.70. The molecular formula is C19H26N2O3. The molecule has 1 spiro atoms. The van der Waals surface area contributed by atoms with E-state index in [1.807, 2.05) is 0 Å². The first-order valence-electron chi connectivity index (χ1n) is 9.25. The number of furan rings is 1. The molecular weight excluding hydrogens is 304 g/mol. The van der Waals surface area contributed by atoms with Crippen LogP contribution >= 0.6 is 0 Å². The Bertz CT molecular complexity index is 658. The normalized spacial score (nSPS) is 24.2. The molecule has 0 aromatic carbocycles. The van der Waals surface area contributed by atoms with Crippen molar-refractivity contribution in [3.63, 3.8) is 0 Å². The maximum atomic E-state index is 13.4. The second kappa shape index (κ2) is 6.03. The lowest BCUT2D eigenvalue weighted by molar-refractivity contribution is -0.00790. The number of hydrogen-bond acceptors (Lipinski definition) is 4. The lowest BCUT2D eigenvalue weighted by Gasteiger charge is -2.52. The van der Waals surface area contributed by atoms with Crippen molar-refractivity contribution in [1.82, 2.24) is 9.80 Å². The van der Waals surface area contributed by atoms with E-state index in [1.165, 1.54) is 25.5 Å². The van der Waals surface area contributed by atoms with Gasteiger partial charge in [0, 0.05) is 32.5 Å². The maximum absolute atomic E-state index is 13.4. The highest BCUT2D eigenvalue weighted by Gasteiger charge is 2.45. The lowest BCUT2D eigenvalue weighted by Crippen LogP contribution is -2.63. The molecule has 0 atom stereocenters. The molecule has 5 heteroatoms. The maximum Gasteiger partial charge on any atom is 0.258 e. The van der Waals surface area contributed by atoms with Crippen LogP contribution in [0.4, 0.5) is 0 Å². The van der Waals surface area contributed by atoms with E-state index in [0.717, 1.165) is 45.3 Å². The molecule has 0 N–H and O–H groups in total. The van der Waals surface area contributed by atoms with Crippen LogP contribution in [-0.4, -0.2) is 53.7 Å². The zero-order chi connectivity index (χ0) is 16.7. The Morgan fingerprint density at radius 2 is 1.92 bits per heavy atom. The summed E-state index contributed by atoms with van der Waals surface area (Å²) in [5, 5.41) is 0. The minimum absolute atomic E-state index is 0.00486. The summed E-state index contributed by atoms with van der Waals surface area (Å²) in [6.07, 6.45) is 9.40. The number of aryl methyl sites for hydroxylation is 1. The molecule has 3 aliphatic rings. The van der Waals surface area contributed by atoms with Gasteiger partial charge in [0.05, 0.1) is 16.7 Å². The van der Waals surface area contributed by atoms with Gasteiger partial charge in [0.1, 0.15) is 12.0 Å². The summed E-state index contributed by atoms with van der Waals surface area (Å²) in [4.78, 5) is 30.1.